The highest BCUT2D eigenvalue weighted by Gasteiger charge is 2.40. The van der Waals surface area contributed by atoms with E-state index >= 15 is 0 Å². The maximum Gasteiger partial charge on any atom is 0.325 e. The van der Waals surface area contributed by atoms with Gasteiger partial charge in [-0.25, -0.2) is 0 Å². The molecule has 0 bridgehead atoms. The van der Waals surface area contributed by atoms with E-state index in [0.717, 1.165) is 18.4 Å². The first-order valence-electron chi connectivity index (χ1n) is 8.55. The fourth-order valence-electron chi connectivity index (χ4n) is 4.43. The summed E-state index contributed by atoms with van der Waals surface area (Å²) in [6.07, 6.45) is 9.01. The Hall–Kier alpha value is -0.610. The third kappa shape index (κ3) is 3.59. The van der Waals surface area contributed by atoms with Crippen LogP contribution < -0.4 is 5.32 Å². The molecule has 4 atom stereocenters. The first kappa shape index (κ1) is 16.8. The van der Waals surface area contributed by atoms with Gasteiger partial charge in [0.1, 0.15) is 5.54 Å². The largest absolute Gasteiger partial charge is 0.468 e. The van der Waals surface area contributed by atoms with Crippen LogP contribution in [-0.2, 0) is 9.53 Å². The summed E-state index contributed by atoms with van der Waals surface area (Å²) in [5.74, 6) is 0.725. The number of likely N-dealkylation sites (tertiary alicyclic amines) is 1. The molecule has 21 heavy (non-hydrogen) atoms. The van der Waals surface area contributed by atoms with Crippen LogP contribution in [-0.4, -0.2) is 49.2 Å². The standard InChI is InChI=1S/C17H32N2O2/c1-13(12-17(2,18-3)16(20)21-4)19-11-7-9-14-8-5-6-10-15(14)19/h13-15,18H,5-12H2,1-4H3/t13?,14-,15-,17?/m1/s1. The molecule has 0 spiro atoms. The molecule has 1 heterocycles. The topological polar surface area (TPSA) is 41.6 Å². The van der Waals surface area contributed by atoms with Crippen molar-refractivity contribution in [1.82, 2.24) is 10.2 Å². The molecule has 4 nitrogen and oxygen atoms in total. The van der Waals surface area contributed by atoms with Gasteiger partial charge in [0.05, 0.1) is 7.11 Å². The zero-order chi connectivity index (χ0) is 15.5. The van der Waals surface area contributed by atoms with Crippen LogP contribution in [0.15, 0.2) is 0 Å². The highest BCUT2D eigenvalue weighted by atomic mass is 16.5. The minimum atomic E-state index is -0.588. The molecule has 1 saturated carbocycles. The number of carbonyl (C=O) groups is 1. The van der Waals surface area contributed by atoms with Gasteiger partial charge >= 0.3 is 5.97 Å². The summed E-state index contributed by atoms with van der Waals surface area (Å²) in [6, 6.07) is 1.15. The van der Waals surface area contributed by atoms with Crippen LogP contribution in [0, 0.1) is 5.92 Å². The van der Waals surface area contributed by atoms with E-state index < -0.39 is 5.54 Å². The molecule has 0 radical (unpaired) electrons. The molecule has 1 aliphatic heterocycles. The molecular weight excluding hydrogens is 264 g/mol. The molecule has 0 aromatic rings. The van der Waals surface area contributed by atoms with Gasteiger partial charge in [0.25, 0.3) is 0 Å². The Labute approximate surface area is 129 Å². The highest BCUT2D eigenvalue weighted by Crippen LogP contribution is 2.37. The SMILES string of the molecule is CNC(C)(CC(C)N1CCC[C@H]2CCCC[C@H]21)C(=O)OC. The quantitative estimate of drug-likeness (QED) is 0.792. The smallest absolute Gasteiger partial charge is 0.325 e. The van der Waals surface area contributed by atoms with E-state index in [1.165, 1.54) is 52.2 Å². The lowest BCUT2D eigenvalue weighted by atomic mass is 9.77. The van der Waals surface area contributed by atoms with E-state index in [1.807, 2.05) is 14.0 Å². The van der Waals surface area contributed by atoms with Gasteiger partial charge in [0.15, 0.2) is 0 Å². The van der Waals surface area contributed by atoms with Gasteiger partial charge in [0, 0.05) is 12.1 Å². The maximum atomic E-state index is 12.1. The average Bonchev–Trinajstić information content (AvgIpc) is 2.53. The van der Waals surface area contributed by atoms with Crippen LogP contribution >= 0.6 is 0 Å². The Morgan fingerprint density at radius 3 is 2.67 bits per heavy atom. The molecule has 0 aromatic carbocycles. The molecule has 1 aliphatic carbocycles. The number of fused-ring (bicyclic) bond motifs is 1. The molecule has 2 fully saturated rings. The number of hydrogen-bond donors (Lipinski definition) is 1. The maximum absolute atomic E-state index is 12.1. The van der Waals surface area contributed by atoms with Crippen molar-refractivity contribution < 1.29 is 9.53 Å². The van der Waals surface area contributed by atoms with Crippen LogP contribution in [0.5, 0.6) is 0 Å². The van der Waals surface area contributed by atoms with Gasteiger partial charge in [-0.05, 0) is 65.5 Å². The third-order valence-corrected chi connectivity index (χ3v) is 5.74. The lowest BCUT2D eigenvalue weighted by Crippen LogP contribution is -2.56. The number of nitrogens with zero attached hydrogens (tertiary/aromatic N) is 1. The van der Waals surface area contributed by atoms with Gasteiger partial charge in [0.2, 0.25) is 0 Å². The first-order chi connectivity index (χ1) is 10.0. The second kappa shape index (κ2) is 7.10. The monoisotopic (exact) mass is 296 g/mol. The molecule has 0 aromatic heterocycles. The van der Waals surface area contributed by atoms with Crippen LogP contribution in [0.3, 0.4) is 0 Å². The summed E-state index contributed by atoms with van der Waals surface area (Å²) >= 11 is 0. The number of hydrogen-bond acceptors (Lipinski definition) is 4. The van der Waals surface area contributed by atoms with Crippen molar-refractivity contribution in [1.29, 1.82) is 0 Å². The minimum Gasteiger partial charge on any atom is -0.468 e. The molecule has 4 heteroatoms. The molecule has 2 rings (SSSR count). The van der Waals surface area contributed by atoms with E-state index in [1.54, 1.807) is 0 Å². The minimum absolute atomic E-state index is 0.158. The zero-order valence-electron chi connectivity index (χ0n) is 14.2. The predicted molar refractivity (Wildman–Crippen MR) is 85.2 cm³/mol. The number of esters is 1. The number of piperidine rings is 1. The lowest BCUT2D eigenvalue weighted by Gasteiger charge is -2.48. The predicted octanol–water partition coefficient (Wildman–Crippen LogP) is 2.57. The molecular formula is C17H32N2O2. The fraction of sp³-hybridized carbons (Fsp3) is 0.941. The van der Waals surface area contributed by atoms with Crippen molar-refractivity contribution in [2.75, 3.05) is 20.7 Å². The van der Waals surface area contributed by atoms with Crippen molar-refractivity contribution >= 4 is 5.97 Å². The zero-order valence-corrected chi connectivity index (χ0v) is 14.2. The summed E-state index contributed by atoms with van der Waals surface area (Å²) in [4.78, 5) is 14.7. The Kier molecular flexibility index (Phi) is 5.67. The van der Waals surface area contributed by atoms with Gasteiger partial charge in [-0.2, -0.15) is 0 Å². The summed E-state index contributed by atoms with van der Waals surface area (Å²) in [6.45, 7) is 5.41. The number of likely N-dealkylation sites (N-methyl/N-ethyl adjacent to an activating group) is 1. The molecule has 2 aliphatic rings. The Bertz CT molecular complexity index is 359. The van der Waals surface area contributed by atoms with Crippen molar-refractivity contribution in [3.63, 3.8) is 0 Å². The van der Waals surface area contributed by atoms with Crippen LogP contribution in [0.4, 0.5) is 0 Å². The lowest BCUT2D eigenvalue weighted by molar-refractivity contribution is -0.148. The van der Waals surface area contributed by atoms with Crippen LogP contribution in [0.25, 0.3) is 0 Å². The summed E-state index contributed by atoms with van der Waals surface area (Å²) in [5.41, 5.74) is -0.588. The number of ether oxygens (including phenoxy) is 1. The Morgan fingerprint density at radius 1 is 1.33 bits per heavy atom. The Morgan fingerprint density at radius 2 is 2.00 bits per heavy atom. The first-order valence-corrected chi connectivity index (χ1v) is 8.55. The second-order valence-electron chi connectivity index (χ2n) is 7.12. The molecule has 2 unspecified atom stereocenters. The second-order valence-corrected chi connectivity index (χ2v) is 7.12. The van der Waals surface area contributed by atoms with Crippen LogP contribution in [0.1, 0.15) is 58.8 Å². The molecule has 0 amide bonds. The van der Waals surface area contributed by atoms with E-state index in [0.29, 0.717) is 6.04 Å². The number of rotatable bonds is 5. The van der Waals surface area contributed by atoms with E-state index in [9.17, 15) is 4.79 Å². The summed E-state index contributed by atoms with van der Waals surface area (Å²) in [5, 5.41) is 3.17. The van der Waals surface area contributed by atoms with E-state index in [2.05, 4.69) is 17.1 Å². The summed E-state index contributed by atoms with van der Waals surface area (Å²) < 4.78 is 4.98. The van der Waals surface area contributed by atoms with E-state index in [-0.39, 0.29) is 5.97 Å². The van der Waals surface area contributed by atoms with Gasteiger partial charge in [-0.15, -0.1) is 0 Å². The molecule has 1 N–H and O–H groups in total. The van der Waals surface area contributed by atoms with Gasteiger partial charge in [-0.3, -0.25) is 9.69 Å². The van der Waals surface area contributed by atoms with Crippen molar-refractivity contribution in [3.05, 3.63) is 0 Å². The number of carbonyl (C=O) groups excluding carboxylic acids is 1. The summed E-state index contributed by atoms with van der Waals surface area (Å²) in [7, 11) is 3.32. The van der Waals surface area contributed by atoms with Crippen molar-refractivity contribution in [3.8, 4) is 0 Å². The Balaban J connectivity index is 2.04. The van der Waals surface area contributed by atoms with Gasteiger partial charge in [-0.1, -0.05) is 12.8 Å². The average molecular weight is 296 g/mol. The van der Waals surface area contributed by atoms with Crippen molar-refractivity contribution in [2.45, 2.75) is 76.4 Å². The number of methoxy groups -OCH3 is 1. The molecule has 122 valence electrons. The third-order valence-electron chi connectivity index (χ3n) is 5.74. The fourth-order valence-corrected chi connectivity index (χ4v) is 4.43. The highest BCUT2D eigenvalue weighted by molar-refractivity contribution is 5.80. The van der Waals surface area contributed by atoms with Crippen molar-refractivity contribution in [2.24, 2.45) is 5.92 Å². The van der Waals surface area contributed by atoms with E-state index in [4.69, 9.17) is 4.74 Å². The number of nitrogens with one attached hydrogen (secondary N) is 1. The van der Waals surface area contributed by atoms with Crippen LogP contribution in [0.2, 0.25) is 0 Å². The van der Waals surface area contributed by atoms with Gasteiger partial charge < -0.3 is 10.1 Å². The normalized spacial score (nSPS) is 31.0. The molecule has 1 saturated heterocycles.